The number of hydrogen-bond donors (Lipinski definition) is 4. The molecular formula is C28H41N5O5S. The standard InChI is InChI=1S/C28H41N5O5S/c1-6-32(7-2)15-16-38-19-12-10-18(11-13-19)22-17-20(25(39-22)31-26(29)35)24(34)30-21-9-8-14-33(27(36)37)23(21)28(3,4)5/h10-13,17,21,23H,6-9,14-16H2,1-5H3,(H,30,34)(H,36,37)(H3,29,31,35)/t21-,23?/m1/s1. The third kappa shape index (κ3) is 7.86. The molecule has 0 aliphatic carbocycles. The number of carbonyl (C=O) groups excluding carboxylic acids is 2. The lowest BCUT2D eigenvalue weighted by Gasteiger charge is -2.46. The zero-order valence-electron chi connectivity index (χ0n) is 23.5. The van der Waals surface area contributed by atoms with Crippen molar-refractivity contribution in [3.63, 3.8) is 0 Å². The molecule has 0 saturated carbocycles. The fraction of sp³-hybridized carbons (Fsp3) is 0.536. The number of benzene rings is 1. The van der Waals surface area contributed by atoms with Crippen LogP contribution in [0, 0.1) is 5.41 Å². The molecule has 0 spiro atoms. The summed E-state index contributed by atoms with van der Waals surface area (Å²) in [5.41, 5.74) is 6.16. The number of likely N-dealkylation sites (N-methyl/N-ethyl adjacent to an activating group) is 1. The Labute approximate surface area is 234 Å². The van der Waals surface area contributed by atoms with Gasteiger partial charge in [0, 0.05) is 18.0 Å². The van der Waals surface area contributed by atoms with Gasteiger partial charge in [-0.15, -0.1) is 11.3 Å². The normalized spacial score (nSPS) is 17.6. The minimum Gasteiger partial charge on any atom is -0.492 e. The van der Waals surface area contributed by atoms with Crippen LogP contribution in [0.5, 0.6) is 5.75 Å². The molecule has 1 aromatic carbocycles. The molecule has 1 aromatic heterocycles. The minimum absolute atomic E-state index is 0.286. The molecule has 2 atom stereocenters. The molecule has 1 aliphatic heterocycles. The van der Waals surface area contributed by atoms with Gasteiger partial charge in [-0.25, -0.2) is 9.59 Å². The maximum absolute atomic E-state index is 13.5. The first-order chi connectivity index (χ1) is 18.4. The smallest absolute Gasteiger partial charge is 0.407 e. The van der Waals surface area contributed by atoms with Crippen molar-refractivity contribution >= 4 is 34.4 Å². The molecule has 1 unspecified atom stereocenters. The molecule has 3 rings (SSSR count). The lowest BCUT2D eigenvalue weighted by molar-refractivity contribution is 0.0359. The topological polar surface area (TPSA) is 137 Å². The quantitative estimate of drug-likeness (QED) is 0.326. The second kappa shape index (κ2) is 13.2. The molecule has 39 heavy (non-hydrogen) atoms. The van der Waals surface area contributed by atoms with Gasteiger partial charge in [-0.3, -0.25) is 10.1 Å². The number of rotatable bonds is 10. The number of thiophene rings is 1. The van der Waals surface area contributed by atoms with Gasteiger partial charge >= 0.3 is 12.1 Å². The Hall–Kier alpha value is -3.31. The van der Waals surface area contributed by atoms with Crippen LogP contribution in [-0.2, 0) is 0 Å². The number of urea groups is 1. The molecule has 1 saturated heterocycles. The Morgan fingerprint density at radius 2 is 1.85 bits per heavy atom. The van der Waals surface area contributed by atoms with E-state index in [0.29, 0.717) is 31.0 Å². The average molecular weight is 560 g/mol. The van der Waals surface area contributed by atoms with E-state index in [4.69, 9.17) is 10.5 Å². The Morgan fingerprint density at radius 3 is 2.41 bits per heavy atom. The number of nitrogens with one attached hydrogen (secondary N) is 2. The number of nitrogens with two attached hydrogens (primary N) is 1. The van der Waals surface area contributed by atoms with E-state index in [9.17, 15) is 19.5 Å². The van der Waals surface area contributed by atoms with E-state index in [0.717, 1.165) is 35.8 Å². The fourth-order valence-corrected chi connectivity index (χ4v) is 6.20. The van der Waals surface area contributed by atoms with Crippen molar-refractivity contribution in [3.05, 3.63) is 35.9 Å². The molecule has 0 radical (unpaired) electrons. The second-order valence-corrected chi connectivity index (χ2v) is 11.8. The van der Waals surface area contributed by atoms with Crippen LogP contribution in [-0.4, -0.2) is 77.8 Å². The lowest BCUT2D eigenvalue weighted by atomic mass is 9.77. The van der Waals surface area contributed by atoms with E-state index < -0.39 is 18.2 Å². The van der Waals surface area contributed by atoms with Crippen molar-refractivity contribution < 1.29 is 24.2 Å². The van der Waals surface area contributed by atoms with Crippen molar-refractivity contribution in [2.75, 3.05) is 38.1 Å². The van der Waals surface area contributed by atoms with E-state index in [2.05, 4.69) is 29.4 Å². The summed E-state index contributed by atoms with van der Waals surface area (Å²) in [4.78, 5) is 41.6. The Morgan fingerprint density at radius 1 is 1.18 bits per heavy atom. The van der Waals surface area contributed by atoms with Crippen molar-refractivity contribution in [1.29, 1.82) is 0 Å². The molecule has 10 nitrogen and oxygen atoms in total. The molecule has 0 bridgehead atoms. The first-order valence-electron chi connectivity index (χ1n) is 13.4. The first-order valence-corrected chi connectivity index (χ1v) is 14.2. The van der Waals surface area contributed by atoms with Crippen LogP contribution in [0.2, 0.25) is 0 Å². The van der Waals surface area contributed by atoms with Crippen LogP contribution >= 0.6 is 11.3 Å². The van der Waals surface area contributed by atoms with E-state index in [1.807, 2.05) is 45.0 Å². The number of likely N-dealkylation sites (tertiary alicyclic amines) is 1. The Balaban J connectivity index is 1.80. The Bertz CT molecular complexity index is 1140. The van der Waals surface area contributed by atoms with Crippen LogP contribution < -0.4 is 21.1 Å². The van der Waals surface area contributed by atoms with Crippen molar-refractivity contribution in [2.24, 2.45) is 11.1 Å². The number of hydrogen-bond acceptors (Lipinski definition) is 6. The summed E-state index contributed by atoms with van der Waals surface area (Å²) in [6.45, 7) is 14.0. The predicted octanol–water partition coefficient (Wildman–Crippen LogP) is 4.91. The monoisotopic (exact) mass is 559 g/mol. The average Bonchev–Trinajstić information content (AvgIpc) is 3.29. The number of ether oxygens (including phenoxy) is 1. The van der Waals surface area contributed by atoms with Crippen LogP contribution in [0.15, 0.2) is 30.3 Å². The lowest BCUT2D eigenvalue weighted by Crippen LogP contribution is -2.61. The summed E-state index contributed by atoms with van der Waals surface area (Å²) in [6, 6.07) is 7.78. The van der Waals surface area contributed by atoms with Gasteiger partial charge in [0.25, 0.3) is 5.91 Å². The number of carboxylic acid groups (broad SMARTS) is 1. The summed E-state index contributed by atoms with van der Waals surface area (Å²) in [6.07, 6.45) is 0.306. The summed E-state index contributed by atoms with van der Waals surface area (Å²) in [5, 5.41) is 15.7. The highest BCUT2D eigenvalue weighted by Crippen LogP contribution is 2.37. The maximum atomic E-state index is 13.5. The highest BCUT2D eigenvalue weighted by atomic mass is 32.1. The van der Waals surface area contributed by atoms with Gasteiger partial charge in [0.15, 0.2) is 0 Å². The Kier molecular flexibility index (Phi) is 10.2. The highest BCUT2D eigenvalue weighted by molar-refractivity contribution is 7.20. The van der Waals surface area contributed by atoms with Crippen LogP contribution in [0.25, 0.3) is 10.4 Å². The van der Waals surface area contributed by atoms with Gasteiger partial charge in [0.05, 0.1) is 17.6 Å². The van der Waals surface area contributed by atoms with Gasteiger partial charge < -0.3 is 30.7 Å². The van der Waals surface area contributed by atoms with Crippen molar-refractivity contribution in [1.82, 2.24) is 15.1 Å². The zero-order valence-corrected chi connectivity index (χ0v) is 24.3. The summed E-state index contributed by atoms with van der Waals surface area (Å²) >= 11 is 1.25. The summed E-state index contributed by atoms with van der Waals surface area (Å²) in [7, 11) is 0. The van der Waals surface area contributed by atoms with E-state index in [1.54, 1.807) is 6.07 Å². The molecular weight excluding hydrogens is 518 g/mol. The third-order valence-electron chi connectivity index (χ3n) is 7.00. The van der Waals surface area contributed by atoms with Crippen molar-refractivity contribution in [2.45, 2.75) is 59.5 Å². The van der Waals surface area contributed by atoms with Crippen LogP contribution in [0.4, 0.5) is 14.6 Å². The number of piperidine rings is 1. The van der Waals surface area contributed by atoms with Crippen molar-refractivity contribution in [3.8, 4) is 16.2 Å². The second-order valence-electron chi connectivity index (χ2n) is 10.8. The molecule has 2 aromatic rings. The van der Waals surface area contributed by atoms with Gasteiger partial charge in [-0.1, -0.05) is 34.6 Å². The van der Waals surface area contributed by atoms with Gasteiger partial charge in [0.1, 0.15) is 17.4 Å². The van der Waals surface area contributed by atoms with Crippen LogP contribution in [0.1, 0.15) is 57.8 Å². The summed E-state index contributed by atoms with van der Waals surface area (Å²) in [5.74, 6) is 0.369. The minimum atomic E-state index is -0.997. The summed E-state index contributed by atoms with van der Waals surface area (Å²) < 4.78 is 5.88. The van der Waals surface area contributed by atoms with E-state index in [1.165, 1.54) is 16.2 Å². The molecule has 11 heteroatoms. The number of amides is 4. The van der Waals surface area contributed by atoms with Gasteiger partial charge in [0.2, 0.25) is 0 Å². The predicted molar refractivity (Wildman–Crippen MR) is 155 cm³/mol. The number of carbonyl (C=O) groups is 3. The van der Waals surface area contributed by atoms with E-state index in [-0.39, 0.29) is 22.9 Å². The molecule has 5 N–H and O–H groups in total. The number of anilines is 1. The number of nitrogens with zero attached hydrogens (tertiary/aromatic N) is 2. The largest absolute Gasteiger partial charge is 0.492 e. The zero-order chi connectivity index (χ0) is 28.7. The molecule has 1 aliphatic rings. The maximum Gasteiger partial charge on any atom is 0.407 e. The third-order valence-corrected chi connectivity index (χ3v) is 8.10. The fourth-order valence-electron chi connectivity index (χ4n) is 5.13. The van der Waals surface area contributed by atoms with Crippen LogP contribution in [0.3, 0.4) is 0 Å². The molecule has 214 valence electrons. The highest BCUT2D eigenvalue weighted by Gasteiger charge is 2.42. The SMILES string of the molecule is CCN(CC)CCOc1ccc(-c2cc(C(=O)N[C@@H]3CCCN(C(=O)O)C3C(C)(C)C)c(NC(N)=O)s2)cc1. The molecule has 2 heterocycles. The van der Waals surface area contributed by atoms with Gasteiger partial charge in [-0.05, 0) is 67.2 Å². The number of primary amides is 1. The first kappa shape index (κ1) is 30.2. The van der Waals surface area contributed by atoms with E-state index >= 15 is 0 Å². The molecule has 1 fully saturated rings. The molecule has 4 amide bonds. The van der Waals surface area contributed by atoms with Gasteiger partial charge in [-0.2, -0.15) is 0 Å².